The van der Waals surface area contributed by atoms with Gasteiger partial charge in [-0.05, 0) is 42.9 Å². The highest BCUT2D eigenvalue weighted by Crippen LogP contribution is 2.38. The molecule has 0 radical (unpaired) electrons. The Kier molecular flexibility index (Phi) is 5.12. The number of fused-ring (bicyclic) bond motifs is 3. The summed E-state index contributed by atoms with van der Waals surface area (Å²) in [6.07, 6.45) is 1.87. The first kappa shape index (κ1) is 18.6. The van der Waals surface area contributed by atoms with E-state index in [-0.39, 0.29) is 12.1 Å². The van der Waals surface area contributed by atoms with Crippen LogP contribution in [-0.4, -0.2) is 29.0 Å². The summed E-state index contributed by atoms with van der Waals surface area (Å²) < 4.78 is 0. The average Bonchev–Trinajstić information content (AvgIpc) is 3.06. The van der Waals surface area contributed by atoms with E-state index in [0.29, 0.717) is 12.5 Å². The van der Waals surface area contributed by atoms with Crippen molar-refractivity contribution in [3.8, 4) is 0 Å². The molecule has 0 aliphatic carbocycles. The van der Waals surface area contributed by atoms with Gasteiger partial charge in [0.05, 0.1) is 6.04 Å². The van der Waals surface area contributed by atoms with Gasteiger partial charge in [-0.2, -0.15) is 0 Å². The highest BCUT2D eigenvalue weighted by molar-refractivity contribution is 5.86. The maximum absolute atomic E-state index is 13.1. The summed E-state index contributed by atoms with van der Waals surface area (Å²) in [6.45, 7) is 7.89. The molecule has 4 nitrogen and oxygen atoms in total. The van der Waals surface area contributed by atoms with Crippen LogP contribution in [0, 0.1) is 12.8 Å². The number of aromatic nitrogens is 1. The number of para-hydroxylation sites is 1. The first-order valence-corrected chi connectivity index (χ1v) is 10.2. The quantitative estimate of drug-likeness (QED) is 0.648. The minimum absolute atomic E-state index is 0.0236. The van der Waals surface area contributed by atoms with Crippen LogP contribution in [0.4, 0.5) is 4.79 Å². The van der Waals surface area contributed by atoms with Crippen LogP contribution in [0.1, 0.15) is 48.7 Å². The monoisotopic (exact) mass is 375 g/mol. The molecule has 1 unspecified atom stereocenters. The number of H-pyrrole nitrogens is 1. The first-order chi connectivity index (χ1) is 13.5. The third-order valence-electron chi connectivity index (χ3n) is 5.69. The number of carbonyl (C=O) groups is 1. The van der Waals surface area contributed by atoms with Gasteiger partial charge in [0.15, 0.2) is 0 Å². The zero-order chi connectivity index (χ0) is 19.7. The SMILES string of the molecule is Cc1ccc(C2c3[nH]c4ccccc4c3CCN2C(=O)NCCC(C)C)cc1. The number of amides is 2. The smallest absolute Gasteiger partial charge is 0.318 e. The predicted octanol–water partition coefficient (Wildman–Crippen LogP) is 5.18. The molecule has 0 saturated heterocycles. The Labute approximate surface area is 166 Å². The van der Waals surface area contributed by atoms with Crippen molar-refractivity contribution >= 4 is 16.9 Å². The second-order valence-electron chi connectivity index (χ2n) is 8.23. The molecule has 1 atom stereocenters. The number of aromatic amines is 1. The second kappa shape index (κ2) is 7.70. The Hall–Kier alpha value is -2.75. The summed E-state index contributed by atoms with van der Waals surface area (Å²) in [5, 5.41) is 4.41. The van der Waals surface area contributed by atoms with E-state index in [1.54, 1.807) is 0 Å². The van der Waals surface area contributed by atoms with Crippen LogP contribution in [0.3, 0.4) is 0 Å². The van der Waals surface area contributed by atoms with Crippen LogP contribution in [-0.2, 0) is 6.42 Å². The van der Waals surface area contributed by atoms with Gasteiger partial charge in [-0.3, -0.25) is 0 Å². The maximum Gasteiger partial charge on any atom is 0.318 e. The number of rotatable bonds is 4. The zero-order valence-corrected chi connectivity index (χ0v) is 17.0. The van der Waals surface area contributed by atoms with Crippen molar-refractivity contribution < 1.29 is 4.79 Å². The van der Waals surface area contributed by atoms with Crippen molar-refractivity contribution in [1.29, 1.82) is 0 Å². The molecular weight excluding hydrogens is 346 g/mol. The highest BCUT2D eigenvalue weighted by Gasteiger charge is 2.34. The van der Waals surface area contributed by atoms with E-state index in [4.69, 9.17) is 0 Å². The highest BCUT2D eigenvalue weighted by atomic mass is 16.2. The molecule has 4 heteroatoms. The molecule has 2 amide bonds. The Morgan fingerprint density at radius 1 is 1.18 bits per heavy atom. The fourth-order valence-corrected chi connectivity index (χ4v) is 4.12. The minimum Gasteiger partial charge on any atom is -0.356 e. The van der Waals surface area contributed by atoms with Gasteiger partial charge in [-0.25, -0.2) is 4.79 Å². The van der Waals surface area contributed by atoms with E-state index < -0.39 is 0 Å². The van der Waals surface area contributed by atoms with Crippen LogP contribution >= 0.6 is 0 Å². The van der Waals surface area contributed by atoms with Gasteiger partial charge in [-0.1, -0.05) is 61.9 Å². The molecule has 1 aliphatic heterocycles. The average molecular weight is 376 g/mol. The molecule has 3 aromatic rings. The second-order valence-corrected chi connectivity index (χ2v) is 8.23. The number of hydrogen-bond acceptors (Lipinski definition) is 1. The van der Waals surface area contributed by atoms with E-state index in [9.17, 15) is 4.79 Å². The fourth-order valence-electron chi connectivity index (χ4n) is 4.12. The van der Waals surface area contributed by atoms with E-state index in [0.717, 1.165) is 36.2 Å². The van der Waals surface area contributed by atoms with Crippen molar-refractivity contribution in [1.82, 2.24) is 15.2 Å². The summed E-state index contributed by atoms with van der Waals surface area (Å²) in [5.41, 5.74) is 6.01. The van der Waals surface area contributed by atoms with Gasteiger partial charge in [-0.15, -0.1) is 0 Å². The molecule has 0 spiro atoms. The molecule has 1 aromatic heterocycles. The number of urea groups is 1. The van der Waals surface area contributed by atoms with Crippen LogP contribution < -0.4 is 5.32 Å². The van der Waals surface area contributed by atoms with E-state index >= 15 is 0 Å². The number of aryl methyl sites for hydroxylation is 1. The molecular formula is C24H29N3O. The molecule has 1 aliphatic rings. The van der Waals surface area contributed by atoms with Gasteiger partial charge >= 0.3 is 6.03 Å². The van der Waals surface area contributed by atoms with Crippen LogP contribution in [0.2, 0.25) is 0 Å². The lowest BCUT2D eigenvalue weighted by atomic mass is 9.92. The largest absolute Gasteiger partial charge is 0.356 e. The molecule has 2 heterocycles. The lowest BCUT2D eigenvalue weighted by Crippen LogP contribution is -2.46. The summed E-state index contributed by atoms with van der Waals surface area (Å²) >= 11 is 0. The van der Waals surface area contributed by atoms with Gasteiger partial charge in [0.2, 0.25) is 0 Å². The standard InChI is InChI=1S/C24H29N3O/c1-16(2)12-14-25-24(28)27-15-13-20-19-6-4-5-7-21(19)26-22(20)23(27)18-10-8-17(3)9-11-18/h4-11,16,23,26H,12-15H2,1-3H3,(H,25,28). The Morgan fingerprint density at radius 3 is 2.68 bits per heavy atom. The molecule has 0 fully saturated rings. The minimum atomic E-state index is -0.0872. The molecule has 146 valence electrons. The summed E-state index contributed by atoms with van der Waals surface area (Å²) in [5.74, 6) is 0.579. The van der Waals surface area contributed by atoms with Crippen molar-refractivity contribution in [2.45, 2.75) is 39.7 Å². The zero-order valence-electron chi connectivity index (χ0n) is 17.0. The van der Waals surface area contributed by atoms with Crippen molar-refractivity contribution in [3.63, 3.8) is 0 Å². The predicted molar refractivity (Wildman–Crippen MR) is 115 cm³/mol. The summed E-state index contributed by atoms with van der Waals surface area (Å²) in [4.78, 5) is 18.7. The van der Waals surface area contributed by atoms with Crippen LogP contribution in [0.15, 0.2) is 48.5 Å². The number of benzene rings is 2. The van der Waals surface area contributed by atoms with Crippen LogP contribution in [0.5, 0.6) is 0 Å². The van der Waals surface area contributed by atoms with Gasteiger partial charge in [0, 0.05) is 29.7 Å². The van der Waals surface area contributed by atoms with Crippen molar-refractivity contribution in [2.75, 3.05) is 13.1 Å². The topological polar surface area (TPSA) is 48.1 Å². The van der Waals surface area contributed by atoms with Crippen molar-refractivity contribution in [2.24, 2.45) is 5.92 Å². The number of nitrogens with one attached hydrogen (secondary N) is 2. The fraction of sp³-hybridized carbons (Fsp3) is 0.375. The number of carbonyl (C=O) groups excluding carboxylic acids is 1. The van der Waals surface area contributed by atoms with E-state index in [1.165, 1.54) is 16.5 Å². The molecule has 28 heavy (non-hydrogen) atoms. The van der Waals surface area contributed by atoms with E-state index in [1.807, 2.05) is 4.90 Å². The lowest BCUT2D eigenvalue weighted by Gasteiger charge is -2.36. The van der Waals surface area contributed by atoms with Crippen molar-refractivity contribution in [3.05, 3.63) is 70.9 Å². The molecule has 2 N–H and O–H groups in total. The van der Waals surface area contributed by atoms with Gasteiger partial charge < -0.3 is 15.2 Å². The summed E-state index contributed by atoms with van der Waals surface area (Å²) in [7, 11) is 0. The molecule has 2 aromatic carbocycles. The third-order valence-corrected chi connectivity index (χ3v) is 5.69. The third kappa shape index (κ3) is 3.51. The van der Waals surface area contributed by atoms with E-state index in [2.05, 4.69) is 79.6 Å². The number of hydrogen-bond donors (Lipinski definition) is 2. The van der Waals surface area contributed by atoms with Gasteiger partial charge in [0.25, 0.3) is 0 Å². The lowest BCUT2D eigenvalue weighted by molar-refractivity contribution is 0.179. The van der Waals surface area contributed by atoms with Crippen LogP contribution in [0.25, 0.3) is 10.9 Å². The normalized spacial score (nSPS) is 16.4. The molecule has 0 saturated carbocycles. The van der Waals surface area contributed by atoms with Gasteiger partial charge in [0.1, 0.15) is 0 Å². The molecule has 0 bridgehead atoms. The number of nitrogens with zero attached hydrogens (tertiary/aromatic N) is 1. The Balaban J connectivity index is 1.72. The first-order valence-electron chi connectivity index (χ1n) is 10.2. The molecule has 4 rings (SSSR count). The maximum atomic E-state index is 13.1. The summed E-state index contributed by atoms with van der Waals surface area (Å²) in [6, 6.07) is 16.9. The Morgan fingerprint density at radius 2 is 1.93 bits per heavy atom. The Bertz CT molecular complexity index is 971.